The van der Waals surface area contributed by atoms with E-state index in [9.17, 15) is 37.5 Å². The topological polar surface area (TPSA) is 198 Å². The Bertz CT molecular complexity index is 2470. The van der Waals surface area contributed by atoms with E-state index in [4.69, 9.17) is 5.26 Å². The third kappa shape index (κ3) is 10.7. The number of alkyl halides is 3. The number of halogens is 3. The molecule has 3 aromatic heterocycles. The number of aliphatic hydroxyl groups excluding tert-OH is 1. The molecule has 4 aromatic rings. The number of anilines is 1. The first kappa shape index (κ1) is 46.4. The highest BCUT2D eigenvalue weighted by atomic mass is 32.1. The van der Waals surface area contributed by atoms with E-state index in [0.29, 0.717) is 24.7 Å². The maximum absolute atomic E-state index is 14.1. The molecule has 2 aliphatic rings. The lowest BCUT2D eigenvalue weighted by Crippen LogP contribution is -2.59. The van der Waals surface area contributed by atoms with Crippen LogP contribution in [0.4, 0.5) is 18.9 Å². The normalized spacial score (nSPS) is 18.0. The molecule has 15 nitrogen and oxygen atoms in total. The first-order valence-corrected chi connectivity index (χ1v) is 21.1. The van der Waals surface area contributed by atoms with Crippen LogP contribution in [0.3, 0.4) is 0 Å². The molecule has 0 bridgehead atoms. The number of hydrogen-bond acceptors (Lipinski definition) is 11. The van der Waals surface area contributed by atoms with Crippen molar-refractivity contribution in [1.29, 1.82) is 5.26 Å². The Morgan fingerprint density at radius 1 is 1.02 bits per heavy atom. The van der Waals surface area contributed by atoms with Gasteiger partial charge in [0.2, 0.25) is 17.7 Å². The molecule has 0 radical (unpaired) electrons. The number of nitriles is 1. The molecule has 332 valence electrons. The van der Waals surface area contributed by atoms with E-state index in [0.717, 1.165) is 27.9 Å². The fourth-order valence-electron chi connectivity index (χ4n) is 7.32. The molecule has 0 spiro atoms. The van der Waals surface area contributed by atoms with Crippen LogP contribution in [0, 0.1) is 41.4 Å². The predicted molar refractivity (Wildman–Crippen MR) is 227 cm³/mol. The molecular weight excluding hydrogens is 838 g/mol. The second kappa shape index (κ2) is 18.3. The van der Waals surface area contributed by atoms with Gasteiger partial charge in [0.1, 0.15) is 23.7 Å². The summed E-state index contributed by atoms with van der Waals surface area (Å²) >= 11 is 1.56. The van der Waals surface area contributed by atoms with Gasteiger partial charge in [0.25, 0.3) is 5.91 Å². The molecule has 0 saturated carbocycles. The highest BCUT2D eigenvalue weighted by molar-refractivity contribution is 7.13. The van der Waals surface area contributed by atoms with Gasteiger partial charge in [-0.3, -0.25) is 28.8 Å². The lowest BCUT2D eigenvalue weighted by Gasteiger charge is -2.38. The van der Waals surface area contributed by atoms with E-state index in [-0.39, 0.29) is 43.1 Å². The van der Waals surface area contributed by atoms with Crippen LogP contribution in [0.1, 0.15) is 82.1 Å². The molecule has 4 amide bonds. The van der Waals surface area contributed by atoms with Gasteiger partial charge in [-0.25, -0.2) is 9.97 Å². The van der Waals surface area contributed by atoms with Gasteiger partial charge in [0.15, 0.2) is 5.69 Å². The molecule has 2 fully saturated rings. The number of likely N-dealkylation sites (tertiary alicyclic amines) is 2. The summed E-state index contributed by atoms with van der Waals surface area (Å²) in [4.78, 5) is 66.4. The first-order valence-electron chi connectivity index (χ1n) is 20.2. The minimum absolute atomic E-state index is 0.00387. The number of hydrogen-bond donors (Lipinski definition) is 4. The van der Waals surface area contributed by atoms with Crippen molar-refractivity contribution < 1.29 is 37.5 Å². The van der Waals surface area contributed by atoms with Gasteiger partial charge in [0, 0.05) is 38.2 Å². The van der Waals surface area contributed by atoms with Crippen LogP contribution in [0.2, 0.25) is 0 Å². The fraction of sp³-hybridized carbons (Fsp3) is 0.455. The Balaban J connectivity index is 1.00. The number of pyridine rings is 1. The highest BCUT2D eigenvalue weighted by Gasteiger charge is 2.45. The summed E-state index contributed by atoms with van der Waals surface area (Å²) < 4.78 is 41.6. The van der Waals surface area contributed by atoms with E-state index in [1.807, 2.05) is 63.8 Å². The third-order valence-electron chi connectivity index (χ3n) is 11.1. The zero-order valence-corrected chi connectivity index (χ0v) is 36.7. The molecule has 19 heteroatoms. The van der Waals surface area contributed by atoms with Gasteiger partial charge in [-0.1, -0.05) is 56.9 Å². The van der Waals surface area contributed by atoms with Crippen LogP contribution >= 0.6 is 11.3 Å². The van der Waals surface area contributed by atoms with Gasteiger partial charge in [0.05, 0.1) is 64.0 Å². The maximum Gasteiger partial charge on any atom is 0.419 e. The average molecular weight is 887 g/mol. The number of carbonyl (C=O) groups excluding carboxylic acids is 4. The zero-order valence-electron chi connectivity index (χ0n) is 35.9. The van der Waals surface area contributed by atoms with Crippen molar-refractivity contribution in [2.24, 2.45) is 11.3 Å². The lowest BCUT2D eigenvalue weighted by molar-refractivity contribution is -0.144. The average Bonchev–Trinajstić information content (AvgIpc) is 3.97. The molecule has 4 atom stereocenters. The van der Waals surface area contributed by atoms with Crippen LogP contribution in [-0.4, -0.2) is 103 Å². The van der Waals surface area contributed by atoms with Crippen molar-refractivity contribution >= 4 is 40.7 Å². The number of aryl methyl sites for hydroxylation is 1. The molecule has 6 rings (SSSR count). The molecule has 63 heavy (non-hydrogen) atoms. The molecule has 1 aromatic carbocycles. The van der Waals surface area contributed by atoms with Crippen molar-refractivity contribution in [1.82, 2.24) is 40.2 Å². The first-order chi connectivity index (χ1) is 29.5. The van der Waals surface area contributed by atoms with Crippen LogP contribution in [-0.2, 0) is 30.9 Å². The Labute approximate surface area is 367 Å². The van der Waals surface area contributed by atoms with Crippen LogP contribution < -0.4 is 16.0 Å². The van der Waals surface area contributed by atoms with Crippen molar-refractivity contribution in [3.63, 3.8) is 0 Å². The molecule has 4 N–H and O–H groups in total. The Kier molecular flexibility index (Phi) is 13.5. The minimum Gasteiger partial charge on any atom is -0.391 e. The summed E-state index contributed by atoms with van der Waals surface area (Å²) in [6, 6.07) is 7.61. The van der Waals surface area contributed by atoms with Crippen molar-refractivity contribution in [2.45, 2.75) is 90.8 Å². The van der Waals surface area contributed by atoms with Crippen molar-refractivity contribution in [3.8, 4) is 28.4 Å². The molecule has 0 aliphatic carbocycles. The van der Waals surface area contributed by atoms with Crippen molar-refractivity contribution in [3.05, 3.63) is 82.5 Å². The second-order valence-electron chi connectivity index (χ2n) is 17.5. The number of aromatic nitrogens is 4. The quantitative estimate of drug-likeness (QED) is 0.154. The summed E-state index contributed by atoms with van der Waals surface area (Å²) in [6.07, 6.45) is -1.71. The number of rotatable bonds is 11. The van der Waals surface area contributed by atoms with E-state index < -0.39 is 64.3 Å². The number of thiazole rings is 1. The van der Waals surface area contributed by atoms with Crippen molar-refractivity contribution in [2.75, 3.05) is 31.5 Å². The smallest absolute Gasteiger partial charge is 0.391 e. The summed E-state index contributed by atoms with van der Waals surface area (Å²) in [5.74, 6) is 4.16. The van der Waals surface area contributed by atoms with E-state index in [1.54, 1.807) is 16.8 Å². The monoisotopic (exact) mass is 886 g/mol. The summed E-state index contributed by atoms with van der Waals surface area (Å²) in [6.45, 7) is 13.2. The van der Waals surface area contributed by atoms with Crippen LogP contribution in [0.15, 0.2) is 54.4 Å². The second-order valence-corrected chi connectivity index (χ2v) is 18.3. The van der Waals surface area contributed by atoms with Gasteiger partial charge < -0.3 is 26.0 Å². The Morgan fingerprint density at radius 3 is 2.33 bits per heavy atom. The number of carbonyl (C=O) groups is 4. The Hall–Kier alpha value is -6.15. The minimum atomic E-state index is -4.84. The number of nitrogens with one attached hydrogen (secondary N) is 3. The molecule has 0 unspecified atom stereocenters. The van der Waals surface area contributed by atoms with Gasteiger partial charge >= 0.3 is 6.18 Å². The highest BCUT2D eigenvalue weighted by Crippen LogP contribution is 2.33. The molecule has 2 saturated heterocycles. The zero-order chi connectivity index (χ0) is 46.0. The van der Waals surface area contributed by atoms with Gasteiger partial charge in [-0.05, 0) is 50.3 Å². The van der Waals surface area contributed by atoms with E-state index >= 15 is 0 Å². The summed E-state index contributed by atoms with van der Waals surface area (Å²) in [7, 11) is 0. The van der Waals surface area contributed by atoms with Gasteiger partial charge in [-0.2, -0.15) is 23.5 Å². The largest absolute Gasteiger partial charge is 0.419 e. The third-order valence-corrected chi connectivity index (χ3v) is 12.1. The fourth-order valence-corrected chi connectivity index (χ4v) is 8.13. The number of benzene rings is 1. The van der Waals surface area contributed by atoms with E-state index in [1.165, 1.54) is 41.9 Å². The molecule has 2 aliphatic heterocycles. The summed E-state index contributed by atoms with van der Waals surface area (Å²) in [5, 5.41) is 32.2. The maximum atomic E-state index is 14.1. The molecular formula is C44H49F3N10O5S. The number of nitrogens with zero attached hydrogens (tertiary/aromatic N) is 7. The standard InChI is InChI=1S/C44H49F3N10O5S/c1-25(29-10-12-30(13-11-29)37-26(2)50-24-63-37)52-39(60)35-15-32(58)22-56(35)40(61)38(42(3,4)5)54-36(59)23-55-19-28(20-55)9-8-27-17-51-57(21-27)43(6,7)41(62)53-31-14-33(44(45,46)47)34(16-48)49-18-31/h10-14,17-18,21,24-25,28,32,35,38,58H,15,19-20,22-23H2,1-7H3,(H,52,60)(H,53,62)(H,54,59)/t25-,32+,35-,38+/m0/s1. The Morgan fingerprint density at radius 2 is 1.71 bits per heavy atom. The number of amides is 4. The van der Waals surface area contributed by atoms with Crippen LogP contribution in [0.5, 0.6) is 0 Å². The SMILES string of the molecule is Cc1ncsc1-c1ccc([C@H](C)NC(=O)[C@@H]2C[C@@H](O)CN2C(=O)[C@@H](NC(=O)CN2CC(C#Cc3cnn(C(C)(C)C(=O)Nc4cnc(C#N)c(C(F)(F)F)c4)c3)C2)C(C)(C)C)cc1. The van der Waals surface area contributed by atoms with Gasteiger partial charge in [-0.15, -0.1) is 11.3 Å². The number of aliphatic hydroxyl groups is 1. The predicted octanol–water partition coefficient (Wildman–Crippen LogP) is 4.63. The number of β-amino-alcohol motifs (C(OH)–C–C–N with tert-alkyl or cyclic N) is 1. The molecule has 5 heterocycles. The van der Waals surface area contributed by atoms with E-state index in [2.05, 4.69) is 42.9 Å². The lowest BCUT2D eigenvalue weighted by atomic mass is 9.85. The van der Waals surface area contributed by atoms with Crippen LogP contribution in [0.25, 0.3) is 10.4 Å². The summed E-state index contributed by atoms with van der Waals surface area (Å²) in [5.41, 5.74) is 0.747.